The maximum Gasteiger partial charge on any atom is 0.219 e. The normalized spacial score (nSPS) is 11.1. The number of nitrogens with one attached hydrogen (secondary N) is 1. The zero-order valence-corrected chi connectivity index (χ0v) is 10.8. The molecule has 0 spiro atoms. The van der Waals surface area contributed by atoms with Crippen LogP contribution in [0.2, 0.25) is 0 Å². The first kappa shape index (κ1) is 15.1. The maximum atomic E-state index is 13.6. The van der Waals surface area contributed by atoms with Crippen molar-refractivity contribution in [2.24, 2.45) is 5.73 Å². The molecule has 0 saturated heterocycles. The lowest BCUT2D eigenvalue weighted by molar-refractivity contribution is -0.119. The Bertz CT molecular complexity index is 512. The van der Waals surface area contributed by atoms with Gasteiger partial charge in [0.15, 0.2) is 0 Å². The van der Waals surface area contributed by atoms with Crippen LogP contribution in [0.5, 0.6) is 0 Å². The minimum absolute atomic E-state index is 0.0481. The van der Waals surface area contributed by atoms with Crippen LogP contribution in [0.1, 0.15) is 31.4 Å². The van der Waals surface area contributed by atoms with E-state index in [1.165, 1.54) is 0 Å². The van der Waals surface area contributed by atoms with E-state index < -0.39 is 23.1 Å². The van der Waals surface area contributed by atoms with Crippen LogP contribution in [0.3, 0.4) is 0 Å². The third-order valence-electron chi connectivity index (χ3n) is 2.63. The Kier molecular flexibility index (Phi) is 4.57. The van der Waals surface area contributed by atoms with Gasteiger partial charge < -0.3 is 11.1 Å². The van der Waals surface area contributed by atoms with E-state index in [2.05, 4.69) is 5.32 Å². The molecule has 0 bridgehead atoms. The highest BCUT2D eigenvalue weighted by Gasteiger charge is 2.21. The standard InChI is InChI=1S/C13H15F2N3O/c1-13(2,5-12(17)19)18-7-9-10(14)3-8(6-16)4-11(9)15/h3-4,18H,5,7H2,1-2H3,(H2,17,19). The molecule has 3 N–H and O–H groups in total. The molecule has 4 nitrogen and oxygen atoms in total. The number of benzene rings is 1. The summed E-state index contributed by atoms with van der Waals surface area (Å²) in [6, 6.07) is 3.62. The van der Waals surface area contributed by atoms with Crippen LogP contribution in [-0.4, -0.2) is 11.4 Å². The van der Waals surface area contributed by atoms with Gasteiger partial charge in [-0.2, -0.15) is 5.26 Å². The first-order valence-electron chi connectivity index (χ1n) is 5.66. The second kappa shape index (κ2) is 5.76. The van der Waals surface area contributed by atoms with Crippen molar-refractivity contribution < 1.29 is 13.6 Å². The molecule has 102 valence electrons. The highest BCUT2D eigenvalue weighted by atomic mass is 19.1. The third-order valence-corrected chi connectivity index (χ3v) is 2.63. The largest absolute Gasteiger partial charge is 0.370 e. The fourth-order valence-corrected chi connectivity index (χ4v) is 1.66. The van der Waals surface area contributed by atoms with Gasteiger partial charge in [0.1, 0.15) is 11.6 Å². The van der Waals surface area contributed by atoms with Gasteiger partial charge in [-0.1, -0.05) is 0 Å². The number of amides is 1. The Hall–Kier alpha value is -2.00. The number of halogens is 2. The highest BCUT2D eigenvalue weighted by molar-refractivity contribution is 5.75. The van der Waals surface area contributed by atoms with E-state index in [1.807, 2.05) is 0 Å². The van der Waals surface area contributed by atoms with Crippen molar-refractivity contribution >= 4 is 5.91 Å². The number of carbonyl (C=O) groups is 1. The van der Waals surface area contributed by atoms with Crippen LogP contribution in [0.4, 0.5) is 8.78 Å². The summed E-state index contributed by atoms with van der Waals surface area (Å²) in [4.78, 5) is 10.8. The molecule has 0 aliphatic carbocycles. The molecule has 1 amide bonds. The van der Waals surface area contributed by atoms with Gasteiger partial charge in [0.2, 0.25) is 5.91 Å². The molecule has 0 aliphatic heterocycles. The van der Waals surface area contributed by atoms with Gasteiger partial charge >= 0.3 is 0 Å². The summed E-state index contributed by atoms with van der Waals surface area (Å²) in [6.07, 6.45) is 0.0481. The quantitative estimate of drug-likeness (QED) is 0.850. The van der Waals surface area contributed by atoms with Crippen LogP contribution < -0.4 is 11.1 Å². The first-order chi connectivity index (χ1) is 8.75. The molecule has 0 aromatic heterocycles. The van der Waals surface area contributed by atoms with Crippen LogP contribution in [0.15, 0.2) is 12.1 Å². The first-order valence-corrected chi connectivity index (χ1v) is 5.66. The number of primary amides is 1. The smallest absolute Gasteiger partial charge is 0.219 e. The summed E-state index contributed by atoms with van der Waals surface area (Å²) < 4.78 is 27.2. The van der Waals surface area contributed by atoms with Crippen LogP contribution in [0.25, 0.3) is 0 Å². The monoisotopic (exact) mass is 267 g/mol. The van der Waals surface area contributed by atoms with Crippen molar-refractivity contribution in [2.45, 2.75) is 32.4 Å². The molecule has 0 aliphatic rings. The number of hydrogen-bond acceptors (Lipinski definition) is 3. The molecule has 1 aromatic carbocycles. The maximum absolute atomic E-state index is 13.6. The Labute approximate surface area is 110 Å². The average molecular weight is 267 g/mol. The molecule has 0 heterocycles. The Morgan fingerprint density at radius 2 is 1.95 bits per heavy atom. The zero-order chi connectivity index (χ0) is 14.6. The lowest BCUT2D eigenvalue weighted by Gasteiger charge is -2.25. The molecule has 0 atom stereocenters. The molecule has 0 unspecified atom stereocenters. The molecule has 0 saturated carbocycles. The van der Waals surface area contributed by atoms with Crippen LogP contribution in [-0.2, 0) is 11.3 Å². The summed E-state index contributed by atoms with van der Waals surface area (Å²) in [6.45, 7) is 3.32. The lowest BCUT2D eigenvalue weighted by Crippen LogP contribution is -2.42. The van der Waals surface area contributed by atoms with E-state index in [9.17, 15) is 13.6 Å². The van der Waals surface area contributed by atoms with Crippen molar-refractivity contribution in [3.8, 4) is 6.07 Å². The number of carbonyl (C=O) groups excluding carboxylic acids is 1. The zero-order valence-electron chi connectivity index (χ0n) is 10.8. The molecule has 19 heavy (non-hydrogen) atoms. The summed E-state index contributed by atoms with van der Waals surface area (Å²) >= 11 is 0. The molecule has 0 fully saturated rings. The fourth-order valence-electron chi connectivity index (χ4n) is 1.66. The minimum Gasteiger partial charge on any atom is -0.370 e. The van der Waals surface area contributed by atoms with Crippen LogP contribution >= 0.6 is 0 Å². The Balaban J connectivity index is 2.84. The van der Waals surface area contributed by atoms with Gasteiger partial charge in [-0.05, 0) is 26.0 Å². The van der Waals surface area contributed by atoms with E-state index in [0.717, 1.165) is 12.1 Å². The van der Waals surface area contributed by atoms with Gasteiger partial charge in [0, 0.05) is 24.1 Å². The predicted octanol–water partition coefficient (Wildman–Crippen LogP) is 1.58. The SMILES string of the molecule is CC(C)(CC(N)=O)NCc1c(F)cc(C#N)cc1F. The summed E-state index contributed by atoms with van der Waals surface area (Å²) in [5.74, 6) is -2.09. The average Bonchev–Trinajstić information content (AvgIpc) is 2.25. The van der Waals surface area contributed by atoms with E-state index in [4.69, 9.17) is 11.0 Å². The Morgan fingerprint density at radius 1 is 1.42 bits per heavy atom. The van der Waals surface area contributed by atoms with E-state index in [0.29, 0.717) is 0 Å². The van der Waals surface area contributed by atoms with Crippen molar-refractivity contribution in [1.82, 2.24) is 5.32 Å². The number of rotatable bonds is 5. The summed E-state index contributed by atoms with van der Waals surface area (Å²) in [5, 5.41) is 11.4. The summed E-state index contributed by atoms with van der Waals surface area (Å²) in [7, 11) is 0. The third kappa shape index (κ3) is 4.30. The Morgan fingerprint density at radius 3 is 2.37 bits per heavy atom. The molecule has 0 radical (unpaired) electrons. The number of hydrogen-bond donors (Lipinski definition) is 2. The number of nitriles is 1. The molecular formula is C13H15F2N3O. The molecule has 1 aromatic rings. The van der Waals surface area contributed by atoms with Crippen molar-refractivity contribution in [3.63, 3.8) is 0 Å². The molecular weight excluding hydrogens is 252 g/mol. The molecule has 1 rings (SSSR count). The van der Waals surface area contributed by atoms with Gasteiger partial charge in [-0.25, -0.2) is 8.78 Å². The number of nitrogens with zero attached hydrogens (tertiary/aromatic N) is 1. The molecule has 6 heteroatoms. The van der Waals surface area contributed by atoms with Crippen LogP contribution in [0, 0.1) is 23.0 Å². The predicted molar refractivity (Wildman–Crippen MR) is 65.8 cm³/mol. The fraction of sp³-hybridized carbons (Fsp3) is 0.385. The van der Waals surface area contributed by atoms with E-state index in [1.54, 1.807) is 19.9 Å². The van der Waals surface area contributed by atoms with Gasteiger partial charge in [0.25, 0.3) is 0 Å². The van der Waals surface area contributed by atoms with Gasteiger partial charge in [-0.3, -0.25) is 4.79 Å². The second-order valence-corrected chi connectivity index (χ2v) is 4.91. The van der Waals surface area contributed by atoms with Gasteiger partial charge in [0.05, 0.1) is 11.6 Å². The summed E-state index contributed by atoms with van der Waals surface area (Å²) in [5.41, 5.74) is 4.17. The second-order valence-electron chi connectivity index (χ2n) is 4.91. The van der Waals surface area contributed by atoms with Crippen molar-refractivity contribution in [3.05, 3.63) is 34.9 Å². The topological polar surface area (TPSA) is 78.9 Å². The highest BCUT2D eigenvalue weighted by Crippen LogP contribution is 2.17. The number of nitrogens with two attached hydrogens (primary N) is 1. The van der Waals surface area contributed by atoms with Gasteiger partial charge in [-0.15, -0.1) is 0 Å². The van der Waals surface area contributed by atoms with Crippen molar-refractivity contribution in [2.75, 3.05) is 0 Å². The van der Waals surface area contributed by atoms with E-state index in [-0.39, 0.29) is 24.1 Å². The lowest BCUT2D eigenvalue weighted by atomic mass is 9.99. The van der Waals surface area contributed by atoms with E-state index >= 15 is 0 Å². The minimum atomic E-state index is -0.793. The van der Waals surface area contributed by atoms with Crippen molar-refractivity contribution in [1.29, 1.82) is 5.26 Å².